The fourth-order valence-electron chi connectivity index (χ4n) is 4.61. The Morgan fingerprint density at radius 2 is 0.969 bits per heavy atom. The summed E-state index contributed by atoms with van der Waals surface area (Å²) < 4.78 is 3.51. The fraction of sp³-hybridized carbons (Fsp3) is 0. The summed E-state index contributed by atoms with van der Waals surface area (Å²) >= 11 is 3.65. The van der Waals surface area contributed by atoms with Crippen LogP contribution < -0.4 is 0 Å². The lowest BCUT2D eigenvalue weighted by molar-refractivity contribution is 1.10. The Labute approximate surface area is 195 Å². The topological polar surface area (TPSA) is 4.93 Å². The molecule has 6 rings (SSSR count). The molecule has 0 aliphatic carbocycles. The Kier molecular flexibility index (Phi) is 4.66. The normalized spacial score (nSPS) is 11.3. The van der Waals surface area contributed by atoms with Crippen molar-refractivity contribution in [3.8, 4) is 28.2 Å². The number of hydrogen-bond donors (Lipinski definition) is 0. The molecule has 0 amide bonds. The van der Waals surface area contributed by atoms with Crippen molar-refractivity contribution in [1.82, 2.24) is 4.57 Å². The number of aromatic nitrogens is 1. The highest BCUT2D eigenvalue weighted by Gasteiger charge is 2.21. The second-order valence-electron chi connectivity index (χ2n) is 7.99. The Hall–Kier alpha value is -3.62. The molecule has 0 N–H and O–H groups in total. The highest BCUT2D eigenvalue weighted by molar-refractivity contribution is 9.10. The first-order valence-electron chi connectivity index (χ1n) is 10.7. The zero-order valence-corrected chi connectivity index (χ0v) is 19.0. The maximum absolute atomic E-state index is 3.65. The second kappa shape index (κ2) is 7.81. The Bertz CT molecular complexity index is 1550. The molecule has 1 heterocycles. The Morgan fingerprint density at radius 3 is 1.53 bits per heavy atom. The SMILES string of the molecule is Brc1ccc2cc3c(-c4ccccc4)n(-c4ccccc4)c(-c4ccccc4)c3cc2c1. The van der Waals surface area contributed by atoms with Gasteiger partial charge >= 0.3 is 0 Å². The van der Waals surface area contributed by atoms with Gasteiger partial charge in [-0.1, -0.05) is 101 Å². The van der Waals surface area contributed by atoms with E-state index in [2.05, 4.69) is 142 Å². The lowest BCUT2D eigenvalue weighted by Gasteiger charge is -2.14. The standard InChI is InChI=1S/C30H20BrN/c31-25-17-16-23-19-27-28(20-24(23)18-25)30(22-12-6-2-7-13-22)32(26-14-8-3-9-15-26)29(27)21-10-4-1-5-11-21/h1-20H. The van der Waals surface area contributed by atoms with Crippen LogP contribution in [0.25, 0.3) is 49.7 Å². The van der Waals surface area contributed by atoms with E-state index in [4.69, 9.17) is 0 Å². The van der Waals surface area contributed by atoms with Gasteiger partial charge in [-0.2, -0.15) is 0 Å². The first-order valence-corrected chi connectivity index (χ1v) is 11.5. The summed E-state index contributed by atoms with van der Waals surface area (Å²) in [6.45, 7) is 0. The molecule has 5 aromatic carbocycles. The van der Waals surface area contributed by atoms with E-state index in [-0.39, 0.29) is 0 Å². The van der Waals surface area contributed by atoms with Gasteiger partial charge in [0.05, 0.1) is 11.4 Å². The van der Waals surface area contributed by atoms with Gasteiger partial charge in [-0.05, 0) is 58.3 Å². The van der Waals surface area contributed by atoms with Gasteiger partial charge in [0.15, 0.2) is 0 Å². The Morgan fingerprint density at radius 1 is 0.469 bits per heavy atom. The molecule has 0 spiro atoms. The van der Waals surface area contributed by atoms with E-state index in [0.29, 0.717) is 0 Å². The maximum Gasteiger partial charge on any atom is 0.0613 e. The maximum atomic E-state index is 3.65. The van der Waals surface area contributed by atoms with Crippen LogP contribution in [0.1, 0.15) is 0 Å². The number of hydrogen-bond acceptors (Lipinski definition) is 0. The van der Waals surface area contributed by atoms with Crippen LogP contribution in [0, 0.1) is 0 Å². The summed E-state index contributed by atoms with van der Waals surface area (Å²) in [5, 5.41) is 4.98. The van der Waals surface area contributed by atoms with Crippen molar-refractivity contribution in [2.45, 2.75) is 0 Å². The minimum Gasteiger partial charge on any atom is -0.308 e. The highest BCUT2D eigenvalue weighted by Crippen LogP contribution is 2.43. The molecular weight excluding hydrogens is 454 g/mol. The average Bonchev–Trinajstić information content (AvgIpc) is 3.18. The van der Waals surface area contributed by atoms with Crippen LogP contribution in [0.4, 0.5) is 0 Å². The number of halogens is 1. The molecule has 0 saturated carbocycles. The minimum atomic E-state index is 1.09. The molecule has 0 bridgehead atoms. The lowest BCUT2D eigenvalue weighted by Crippen LogP contribution is -1.99. The van der Waals surface area contributed by atoms with Crippen LogP contribution in [0.3, 0.4) is 0 Å². The predicted octanol–water partition coefficient (Wildman–Crippen LogP) is 8.88. The third-order valence-corrected chi connectivity index (χ3v) is 6.50. The van der Waals surface area contributed by atoms with Gasteiger partial charge in [0.1, 0.15) is 0 Å². The molecule has 1 nitrogen and oxygen atoms in total. The quantitative estimate of drug-likeness (QED) is 0.241. The van der Waals surface area contributed by atoms with Crippen molar-refractivity contribution >= 4 is 37.5 Å². The van der Waals surface area contributed by atoms with Crippen molar-refractivity contribution < 1.29 is 0 Å². The first-order chi connectivity index (χ1) is 15.8. The summed E-state index contributed by atoms with van der Waals surface area (Å²) in [5.74, 6) is 0. The monoisotopic (exact) mass is 473 g/mol. The number of rotatable bonds is 3. The highest BCUT2D eigenvalue weighted by atomic mass is 79.9. The van der Waals surface area contributed by atoms with E-state index in [1.54, 1.807) is 0 Å². The van der Waals surface area contributed by atoms with Crippen LogP contribution in [0.15, 0.2) is 126 Å². The van der Waals surface area contributed by atoms with Crippen molar-refractivity contribution in [2.24, 2.45) is 0 Å². The molecular formula is C30H20BrN. The predicted molar refractivity (Wildman–Crippen MR) is 139 cm³/mol. The van der Waals surface area contributed by atoms with Gasteiger partial charge in [0, 0.05) is 20.9 Å². The average molecular weight is 474 g/mol. The smallest absolute Gasteiger partial charge is 0.0613 e. The van der Waals surface area contributed by atoms with E-state index in [1.807, 2.05) is 0 Å². The zero-order valence-electron chi connectivity index (χ0n) is 17.4. The number of nitrogens with zero attached hydrogens (tertiary/aromatic N) is 1. The molecule has 152 valence electrons. The van der Waals surface area contributed by atoms with Gasteiger partial charge in [-0.15, -0.1) is 0 Å². The van der Waals surface area contributed by atoms with Crippen molar-refractivity contribution in [2.75, 3.05) is 0 Å². The second-order valence-corrected chi connectivity index (χ2v) is 8.91. The van der Waals surface area contributed by atoms with Crippen molar-refractivity contribution in [3.05, 3.63) is 126 Å². The minimum absolute atomic E-state index is 1.09. The van der Waals surface area contributed by atoms with Crippen LogP contribution in [0.2, 0.25) is 0 Å². The molecule has 0 unspecified atom stereocenters. The van der Waals surface area contributed by atoms with Crippen LogP contribution in [0.5, 0.6) is 0 Å². The van der Waals surface area contributed by atoms with Gasteiger partial charge in [0.2, 0.25) is 0 Å². The van der Waals surface area contributed by atoms with Crippen LogP contribution in [-0.4, -0.2) is 4.57 Å². The number of para-hydroxylation sites is 1. The van der Waals surface area contributed by atoms with Gasteiger partial charge in [-0.3, -0.25) is 0 Å². The van der Waals surface area contributed by atoms with Crippen LogP contribution in [-0.2, 0) is 0 Å². The van der Waals surface area contributed by atoms with Gasteiger partial charge in [-0.25, -0.2) is 0 Å². The molecule has 0 aliphatic rings. The summed E-state index contributed by atoms with van der Waals surface area (Å²) in [7, 11) is 0. The lowest BCUT2D eigenvalue weighted by atomic mass is 10.0. The molecule has 32 heavy (non-hydrogen) atoms. The van der Waals surface area contributed by atoms with Crippen molar-refractivity contribution in [1.29, 1.82) is 0 Å². The molecule has 6 aromatic rings. The van der Waals surface area contributed by atoms with E-state index in [0.717, 1.165) is 10.2 Å². The summed E-state index contributed by atoms with van der Waals surface area (Å²) in [5.41, 5.74) is 6.01. The number of benzene rings is 5. The molecule has 0 aliphatic heterocycles. The molecule has 0 atom stereocenters. The van der Waals surface area contributed by atoms with Gasteiger partial charge in [0.25, 0.3) is 0 Å². The summed E-state index contributed by atoms with van der Waals surface area (Å²) in [6.07, 6.45) is 0. The zero-order chi connectivity index (χ0) is 21.5. The summed E-state index contributed by atoms with van der Waals surface area (Å²) in [6, 6.07) is 43.3. The van der Waals surface area contributed by atoms with E-state index in [9.17, 15) is 0 Å². The fourth-order valence-corrected chi connectivity index (χ4v) is 4.99. The van der Waals surface area contributed by atoms with E-state index >= 15 is 0 Å². The largest absolute Gasteiger partial charge is 0.308 e. The van der Waals surface area contributed by atoms with E-state index in [1.165, 1.54) is 44.1 Å². The third kappa shape index (κ3) is 3.16. The molecule has 0 radical (unpaired) electrons. The third-order valence-electron chi connectivity index (χ3n) is 6.00. The van der Waals surface area contributed by atoms with E-state index < -0.39 is 0 Å². The molecule has 0 saturated heterocycles. The summed E-state index contributed by atoms with van der Waals surface area (Å²) in [4.78, 5) is 0. The molecule has 2 heteroatoms. The molecule has 0 fully saturated rings. The van der Waals surface area contributed by atoms with Crippen molar-refractivity contribution in [3.63, 3.8) is 0 Å². The Balaban J connectivity index is 1.84. The van der Waals surface area contributed by atoms with Gasteiger partial charge < -0.3 is 4.57 Å². The number of fused-ring (bicyclic) bond motifs is 2. The first kappa shape index (κ1) is 19.1. The molecule has 1 aromatic heterocycles. The van der Waals surface area contributed by atoms with Crippen LogP contribution >= 0.6 is 15.9 Å².